The molecule has 0 heterocycles. The molecular formula is C22H34O2S. The molecule has 4 atom stereocenters. The highest BCUT2D eigenvalue weighted by molar-refractivity contribution is 8.01. The van der Waals surface area contributed by atoms with Crippen molar-refractivity contribution in [1.29, 1.82) is 0 Å². The minimum absolute atomic E-state index is 0.103. The van der Waals surface area contributed by atoms with Gasteiger partial charge in [0.25, 0.3) is 0 Å². The van der Waals surface area contributed by atoms with Gasteiger partial charge in [0.1, 0.15) is 0 Å². The fraction of sp³-hybridized carbons (Fsp3) is 0.636. The lowest BCUT2D eigenvalue weighted by Crippen LogP contribution is -2.48. The van der Waals surface area contributed by atoms with Crippen molar-refractivity contribution >= 4 is 11.8 Å². The molecule has 2 aliphatic rings. The summed E-state index contributed by atoms with van der Waals surface area (Å²) >= 11 is 1.64. The maximum absolute atomic E-state index is 11.3. The van der Waals surface area contributed by atoms with Crippen LogP contribution in [0, 0.1) is 10.8 Å². The zero-order chi connectivity index (χ0) is 19.3. The van der Waals surface area contributed by atoms with Crippen LogP contribution in [0.1, 0.15) is 55.4 Å². The molecule has 2 N–H and O–H groups in total. The second kappa shape index (κ2) is 6.44. The van der Waals surface area contributed by atoms with Crippen LogP contribution in [0.4, 0.5) is 0 Å². The average molecular weight is 363 g/mol. The summed E-state index contributed by atoms with van der Waals surface area (Å²) in [5.74, 6) is 0. The zero-order valence-electron chi connectivity index (χ0n) is 16.9. The van der Waals surface area contributed by atoms with Crippen molar-refractivity contribution in [2.45, 2.75) is 77.1 Å². The maximum atomic E-state index is 11.3. The first-order valence-electron chi connectivity index (χ1n) is 9.07. The van der Waals surface area contributed by atoms with Gasteiger partial charge in [-0.2, -0.15) is 0 Å². The van der Waals surface area contributed by atoms with Crippen LogP contribution in [-0.2, 0) is 0 Å². The smallest absolute Gasteiger partial charge is 0.0990 e. The quantitative estimate of drug-likeness (QED) is 0.723. The molecule has 0 radical (unpaired) electrons. The van der Waals surface area contributed by atoms with E-state index in [4.69, 9.17) is 0 Å². The van der Waals surface area contributed by atoms with Gasteiger partial charge < -0.3 is 10.2 Å². The van der Waals surface area contributed by atoms with E-state index in [2.05, 4.69) is 53.7 Å². The van der Waals surface area contributed by atoms with Gasteiger partial charge in [-0.15, -0.1) is 11.8 Å². The Morgan fingerprint density at radius 3 is 1.36 bits per heavy atom. The lowest BCUT2D eigenvalue weighted by atomic mass is 9.73. The van der Waals surface area contributed by atoms with Crippen LogP contribution >= 0.6 is 11.8 Å². The Balaban J connectivity index is 2.29. The van der Waals surface area contributed by atoms with Gasteiger partial charge in [0.05, 0.1) is 21.7 Å². The summed E-state index contributed by atoms with van der Waals surface area (Å²) in [4.78, 5) is 0. The Bertz CT molecular complexity index is 578. The predicted molar refractivity (Wildman–Crippen MR) is 110 cm³/mol. The van der Waals surface area contributed by atoms with Crippen LogP contribution in [0.3, 0.4) is 0 Å². The number of allylic oxidation sites excluding steroid dienone is 4. The van der Waals surface area contributed by atoms with E-state index in [9.17, 15) is 10.2 Å². The van der Waals surface area contributed by atoms with Crippen molar-refractivity contribution in [3.05, 3.63) is 47.6 Å². The molecule has 0 aliphatic heterocycles. The molecule has 140 valence electrons. The third-order valence-corrected chi connectivity index (χ3v) is 7.02. The van der Waals surface area contributed by atoms with E-state index in [-0.39, 0.29) is 21.3 Å². The number of thioether (sulfide) groups is 1. The fourth-order valence-corrected chi connectivity index (χ4v) is 5.52. The maximum Gasteiger partial charge on any atom is 0.0990 e. The van der Waals surface area contributed by atoms with Crippen LogP contribution in [0.5, 0.6) is 0 Å². The molecular weight excluding hydrogens is 328 g/mol. The molecule has 4 unspecified atom stereocenters. The largest absolute Gasteiger partial charge is 0.384 e. The molecule has 2 aliphatic carbocycles. The molecule has 0 bridgehead atoms. The Morgan fingerprint density at radius 1 is 0.760 bits per heavy atom. The Kier molecular flexibility index (Phi) is 5.29. The number of hydrogen-bond donors (Lipinski definition) is 2. The molecule has 0 spiro atoms. The van der Waals surface area contributed by atoms with E-state index >= 15 is 0 Å². The first-order chi connectivity index (χ1) is 11.2. The topological polar surface area (TPSA) is 40.5 Å². The summed E-state index contributed by atoms with van der Waals surface area (Å²) in [7, 11) is 0. The minimum atomic E-state index is -0.940. The third-order valence-electron chi connectivity index (χ3n) is 5.21. The Morgan fingerprint density at radius 2 is 1.08 bits per heavy atom. The molecule has 0 saturated heterocycles. The monoisotopic (exact) mass is 362 g/mol. The van der Waals surface area contributed by atoms with Crippen molar-refractivity contribution in [2.24, 2.45) is 10.8 Å². The third kappa shape index (κ3) is 3.99. The van der Waals surface area contributed by atoms with Gasteiger partial charge in [-0.25, -0.2) is 0 Å². The van der Waals surface area contributed by atoms with Crippen LogP contribution in [0.25, 0.3) is 0 Å². The van der Waals surface area contributed by atoms with Crippen molar-refractivity contribution in [2.75, 3.05) is 0 Å². The predicted octanol–water partition coefficient (Wildman–Crippen LogP) is 5.04. The van der Waals surface area contributed by atoms with E-state index in [0.29, 0.717) is 0 Å². The van der Waals surface area contributed by atoms with Crippen molar-refractivity contribution in [3.63, 3.8) is 0 Å². The molecule has 0 saturated carbocycles. The molecule has 0 amide bonds. The first-order valence-corrected chi connectivity index (χ1v) is 10.0. The summed E-state index contributed by atoms with van der Waals surface area (Å²) in [5.41, 5.74) is -0.0184. The molecule has 0 aromatic carbocycles. The van der Waals surface area contributed by atoms with Gasteiger partial charge in [0, 0.05) is 0 Å². The first kappa shape index (κ1) is 20.5. The lowest BCUT2D eigenvalue weighted by Gasteiger charge is -2.46. The fourth-order valence-electron chi connectivity index (χ4n) is 4.06. The van der Waals surface area contributed by atoms with Gasteiger partial charge in [0.2, 0.25) is 0 Å². The highest BCUT2D eigenvalue weighted by Crippen LogP contribution is 2.48. The summed E-state index contributed by atoms with van der Waals surface area (Å²) in [5, 5.41) is 22.4. The normalized spacial score (nSPS) is 36.2. The molecule has 0 fully saturated rings. The molecule has 0 aromatic rings. The van der Waals surface area contributed by atoms with E-state index < -0.39 is 11.2 Å². The summed E-state index contributed by atoms with van der Waals surface area (Å²) in [6.45, 7) is 16.6. The van der Waals surface area contributed by atoms with Gasteiger partial charge in [-0.05, 0) is 35.8 Å². The van der Waals surface area contributed by atoms with Crippen LogP contribution in [0.2, 0.25) is 0 Å². The second-order valence-electron chi connectivity index (χ2n) is 9.70. The summed E-state index contributed by atoms with van der Waals surface area (Å²) < 4.78 is 0. The molecule has 2 nitrogen and oxygen atoms in total. The molecule has 2 rings (SSSR count). The van der Waals surface area contributed by atoms with E-state index in [0.717, 1.165) is 11.1 Å². The standard InChI is InChI=1S/C22H34O2S/c1-19(2,3)15-11-9-13-17(21(15,7)23)25-18-14-10-12-16(20(4,5)6)22(18,8)24/h9-14,17-18,23-24H,1-8H3. The number of rotatable bonds is 2. The highest BCUT2D eigenvalue weighted by atomic mass is 32.2. The lowest BCUT2D eigenvalue weighted by molar-refractivity contribution is 0.0782. The minimum Gasteiger partial charge on any atom is -0.384 e. The van der Waals surface area contributed by atoms with Gasteiger partial charge in [-0.1, -0.05) is 78.0 Å². The number of aliphatic hydroxyl groups is 2. The van der Waals surface area contributed by atoms with E-state index in [1.165, 1.54) is 0 Å². The van der Waals surface area contributed by atoms with Crippen molar-refractivity contribution in [3.8, 4) is 0 Å². The average Bonchev–Trinajstić information content (AvgIpc) is 2.39. The number of hydrogen-bond acceptors (Lipinski definition) is 3. The van der Waals surface area contributed by atoms with Gasteiger partial charge in [-0.3, -0.25) is 0 Å². The van der Waals surface area contributed by atoms with Crippen LogP contribution in [0.15, 0.2) is 47.6 Å². The van der Waals surface area contributed by atoms with Crippen molar-refractivity contribution < 1.29 is 10.2 Å². The molecule has 0 aromatic heterocycles. The SMILES string of the molecule is CC(C)(C)C1=CC=CC(SC2C=CC=C(C(C)(C)C)C2(C)O)C1(C)O. The Labute approximate surface area is 157 Å². The molecule has 3 heteroatoms. The van der Waals surface area contributed by atoms with E-state index in [1.54, 1.807) is 11.8 Å². The zero-order valence-corrected chi connectivity index (χ0v) is 17.7. The van der Waals surface area contributed by atoms with Gasteiger partial charge in [0.15, 0.2) is 0 Å². The van der Waals surface area contributed by atoms with Gasteiger partial charge >= 0.3 is 0 Å². The van der Waals surface area contributed by atoms with Crippen molar-refractivity contribution in [1.82, 2.24) is 0 Å². The van der Waals surface area contributed by atoms with Crippen LogP contribution in [-0.4, -0.2) is 31.9 Å². The Hall–Kier alpha value is -0.770. The summed E-state index contributed by atoms with van der Waals surface area (Å²) in [6.07, 6.45) is 12.3. The summed E-state index contributed by atoms with van der Waals surface area (Å²) in [6, 6.07) is 0. The highest BCUT2D eigenvalue weighted by Gasteiger charge is 2.46. The molecule has 25 heavy (non-hydrogen) atoms. The van der Waals surface area contributed by atoms with E-state index in [1.807, 2.05) is 38.2 Å². The second-order valence-corrected chi connectivity index (χ2v) is 11.0. The van der Waals surface area contributed by atoms with Crippen LogP contribution < -0.4 is 0 Å².